The van der Waals surface area contributed by atoms with Crippen molar-refractivity contribution in [2.45, 2.75) is 32.0 Å². The summed E-state index contributed by atoms with van der Waals surface area (Å²) in [6.45, 7) is 3.56. The van der Waals surface area contributed by atoms with E-state index in [4.69, 9.17) is 4.52 Å². The topological polar surface area (TPSA) is 94.1 Å². The lowest BCUT2D eigenvalue weighted by molar-refractivity contribution is 0.0708. The first-order chi connectivity index (χ1) is 13.9. The summed E-state index contributed by atoms with van der Waals surface area (Å²) in [5.74, 6) is -0.290. The van der Waals surface area contributed by atoms with Crippen LogP contribution in [0.2, 0.25) is 0 Å². The minimum absolute atomic E-state index is 0.0407. The van der Waals surface area contributed by atoms with Crippen molar-refractivity contribution in [1.82, 2.24) is 24.8 Å². The molecule has 1 aromatic carbocycles. The quantitative estimate of drug-likeness (QED) is 0.672. The van der Waals surface area contributed by atoms with E-state index in [9.17, 15) is 9.59 Å². The van der Waals surface area contributed by atoms with Crippen LogP contribution in [0.25, 0.3) is 11.4 Å². The molecule has 1 aliphatic heterocycles. The molecule has 3 heterocycles. The van der Waals surface area contributed by atoms with Crippen molar-refractivity contribution in [3.63, 3.8) is 0 Å². The van der Waals surface area contributed by atoms with Crippen molar-refractivity contribution in [2.24, 2.45) is 0 Å². The number of aromatic nitrogens is 4. The molecular formula is C20H20FN5O3. The summed E-state index contributed by atoms with van der Waals surface area (Å²) in [7, 11) is 0. The molecule has 0 radical (unpaired) electrons. The average molecular weight is 397 g/mol. The number of halogens is 1. The van der Waals surface area contributed by atoms with E-state index >= 15 is 4.39 Å². The molecule has 0 bridgehead atoms. The second-order valence-electron chi connectivity index (χ2n) is 7.33. The van der Waals surface area contributed by atoms with Crippen LogP contribution in [0.4, 0.5) is 4.39 Å². The summed E-state index contributed by atoms with van der Waals surface area (Å²) < 4.78 is 21.9. The normalized spacial score (nSPS) is 19.1. The maximum absolute atomic E-state index is 15.5. The fourth-order valence-electron chi connectivity index (χ4n) is 3.30. The minimum atomic E-state index is -1.93. The van der Waals surface area contributed by atoms with Crippen LogP contribution in [0.15, 0.2) is 51.8 Å². The smallest absolute Gasteiger partial charge is 0.274 e. The Kier molecular flexibility index (Phi) is 4.73. The van der Waals surface area contributed by atoms with Crippen molar-refractivity contribution >= 4 is 5.91 Å². The van der Waals surface area contributed by atoms with Gasteiger partial charge in [0, 0.05) is 24.6 Å². The number of alkyl halides is 1. The second kappa shape index (κ2) is 7.23. The second-order valence-corrected chi connectivity index (χ2v) is 7.33. The lowest BCUT2D eigenvalue weighted by atomic mass is 10.1. The lowest BCUT2D eigenvalue weighted by Gasteiger charge is -2.18. The molecule has 1 unspecified atom stereocenters. The van der Waals surface area contributed by atoms with E-state index in [2.05, 4.69) is 15.2 Å². The molecule has 8 nitrogen and oxygen atoms in total. The van der Waals surface area contributed by atoms with Gasteiger partial charge in [-0.1, -0.05) is 35.5 Å². The Bertz CT molecular complexity index is 1090. The van der Waals surface area contributed by atoms with Gasteiger partial charge in [-0.3, -0.25) is 9.59 Å². The van der Waals surface area contributed by atoms with Crippen LogP contribution in [-0.2, 0) is 5.67 Å². The number of carbonyl (C=O) groups excluding carboxylic acids is 1. The maximum Gasteiger partial charge on any atom is 0.274 e. The van der Waals surface area contributed by atoms with Crippen molar-refractivity contribution in [1.29, 1.82) is 0 Å². The number of hydrogen-bond donors (Lipinski definition) is 0. The number of likely N-dealkylation sites (tertiary alicyclic amines) is 1. The standard InChI is InChI=1S/C20H20FN5O3/c1-13(2)26-16(27)9-8-15(23-26)18(28)25-11-10-20(21,12-25)19-22-17(24-29-19)14-6-4-3-5-7-14/h3-9,13H,10-12H2,1-2H3. The number of nitrogens with zero attached hydrogens (tertiary/aromatic N) is 5. The fourth-order valence-corrected chi connectivity index (χ4v) is 3.30. The molecule has 29 heavy (non-hydrogen) atoms. The molecule has 4 rings (SSSR count). The summed E-state index contributed by atoms with van der Waals surface area (Å²) in [5, 5.41) is 7.98. The molecule has 150 valence electrons. The summed E-state index contributed by atoms with van der Waals surface area (Å²) in [6, 6.07) is 11.6. The summed E-state index contributed by atoms with van der Waals surface area (Å²) in [5.41, 5.74) is -1.41. The van der Waals surface area contributed by atoms with Gasteiger partial charge < -0.3 is 9.42 Å². The molecule has 1 atom stereocenters. The van der Waals surface area contributed by atoms with E-state index in [1.165, 1.54) is 21.7 Å². The number of amides is 1. The van der Waals surface area contributed by atoms with E-state index in [0.717, 1.165) is 5.56 Å². The number of carbonyl (C=O) groups is 1. The Morgan fingerprint density at radius 2 is 1.97 bits per heavy atom. The van der Waals surface area contributed by atoms with Gasteiger partial charge in [0.15, 0.2) is 0 Å². The number of hydrogen-bond acceptors (Lipinski definition) is 6. The maximum atomic E-state index is 15.5. The Balaban J connectivity index is 1.54. The van der Waals surface area contributed by atoms with Crippen LogP contribution < -0.4 is 5.56 Å². The van der Waals surface area contributed by atoms with Gasteiger partial charge in [-0.05, 0) is 19.9 Å². The Morgan fingerprint density at radius 1 is 1.21 bits per heavy atom. The Morgan fingerprint density at radius 3 is 2.69 bits per heavy atom. The monoisotopic (exact) mass is 397 g/mol. The molecule has 3 aromatic rings. The van der Waals surface area contributed by atoms with Gasteiger partial charge >= 0.3 is 0 Å². The van der Waals surface area contributed by atoms with Gasteiger partial charge in [0.25, 0.3) is 17.4 Å². The van der Waals surface area contributed by atoms with Crippen molar-refractivity contribution < 1.29 is 13.7 Å². The van der Waals surface area contributed by atoms with Gasteiger partial charge in [-0.25, -0.2) is 9.07 Å². The van der Waals surface area contributed by atoms with Crippen LogP contribution in [-0.4, -0.2) is 43.8 Å². The highest BCUT2D eigenvalue weighted by molar-refractivity contribution is 5.92. The van der Waals surface area contributed by atoms with Gasteiger partial charge in [0.1, 0.15) is 5.69 Å². The third-order valence-corrected chi connectivity index (χ3v) is 4.88. The third kappa shape index (κ3) is 3.55. The molecule has 2 aromatic heterocycles. The molecule has 0 N–H and O–H groups in total. The van der Waals surface area contributed by atoms with E-state index in [-0.39, 0.29) is 42.7 Å². The molecule has 9 heteroatoms. The van der Waals surface area contributed by atoms with E-state index in [0.29, 0.717) is 5.82 Å². The van der Waals surface area contributed by atoms with Crippen molar-refractivity contribution in [3.8, 4) is 11.4 Å². The average Bonchev–Trinajstić information content (AvgIpc) is 3.37. The van der Waals surface area contributed by atoms with Gasteiger partial charge in [-0.2, -0.15) is 10.1 Å². The molecule has 1 fully saturated rings. The highest BCUT2D eigenvalue weighted by Crippen LogP contribution is 2.36. The lowest BCUT2D eigenvalue weighted by Crippen LogP contribution is -2.35. The Labute approximate surface area is 166 Å². The fraction of sp³-hybridized carbons (Fsp3) is 0.350. The molecule has 0 saturated carbocycles. The molecular weight excluding hydrogens is 377 g/mol. The van der Waals surface area contributed by atoms with E-state index < -0.39 is 11.6 Å². The summed E-state index contributed by atoms with van der Waals surface area (Å²) in [6.07, 6.45) is 0.0407. The predicted octanol–water partition coefficient (Wildman–Crippen LogP) is 2.59. The first-order valence-corrected chi connectivity index (χ1v) is 9.35. The third-order valence-electron chi connectivity index (χ3n) is 4.88. The highest BCUT2D eigenvalue weighted by Gasteiger charge is 2.46. The number of benzene rings is 1. The van der Waals surface area contributed by atoms with Crippen LogP contribution in [0, 0.1) is 0 Å². The molecule has 1 amide bonds. The first-order valence-electron chi connectivity index (χ1n) is 9.35. The van der Waals surface area contributed by atoms with E-state index in [1.807, 2.05) is 18.2 Å². The van der Waals surface area contributed by atoms with Gasteiger partial charge in [0.05, 0.1) is 12.6 Å². The summed E-state index contributed by atoms with van der Waals surface area (Å²) >= 11 is 0. The zero-order valence-electron chi connectivity index (χ0n) is 16.1. The van der Waals surface area contributed by atoms with Crippen molar-refractivity contribution in [2.75, 3.05) is 13.1 Å². The minimum Gasteiger partial charge on any atom is -0.335 e. The molecule has 1 saturated heterocycles. The zero-order valence-corrected chi connectivity index (χ0v) is 16.1. The molecule has 0 aliphatic carbocycles. The van der Waals surface area contributed by atoms with Crippen LogP contribution in [0.5, 0.6) is 0 Å². The Hall–Kier alpha value is -3.36. The number of rotatable bonds is 4. The SMILES string of the molecule is CC(C)n1nc(C(=O)N2CCC(F)(c3nc(-c4ccccc4)no3)C2)ccc1=O. The highest BCUT2D eigenvalue weighted by atomic mass is 19.1. The van der Waals surface area contributed by atoms with E-state index in [1.54, 1.807) is 26.0 Å². The van der Waals surface area contributed by atoms with Crippen LogP contribution >= 0.6 is 0 Å². The van der Waals surface area contributed by atoms with Crippen LogP contribution in [0.1, 0.15) is 42.7 Å². The van der Waals surface area contributed by atoms with Crippen molar-refractivity contribution in [3.05, 3.63) is 64.4 Å². The van der Waals surface area contributed by atoms with Crippen LogP contribution in [0.3, 0.4) is 0 Å². The largest absolute Gasteiger partial charge is 0.335 e. The zero-order chi connectivity index (χ0) is 20.6. The summed E-state index contributed by atoms with van der Waals surface area (Å²) in [4.78, 5) is 30.2. The predicted molar refractivity (Wildman–Crippen MR) is 102 cm³/mol. The van der Waals surface area contributed by atoms with Gasteiger partial charge in [-0.15, -0.1) is 0 Å². The van der Waals surface area contributed by atoms with Gasteiger partial charge in [0.2, 0.25) is 11.5 Å². The first kappa shape index (κ1) is 19.0. The molecule has 1 aliphatic rings. The molecule has 0 spiro atoms.